The Morgan fingerprint density at radius 2 is 1.60 bits per heavy atom. The predicted molar refractivity (Wildman–Crippen MR) is 149 cm³/mol. The van der Waals surface area contributed by atoms with Gasteiger partial charge in [0.25, 0.3) is 0 Å². The van der Waals surface area contributed by atoms with Crippen LogP contribution in [0.1, 0.15) is 24.1 Å². The Kier molecular flexibility index (Phi) is 12.7. The lowest BCUT2D eigenvalue weighted by atomic mass is 10.1. The standard InChI is InChI=1S/C24H35N9O6S/c25-16(2-1-7-29-24(26)27)20(35)31-17(9-14-10-28-12-30-14)21(36)33-19(11-40)22(37)32-18(23(38)39)8-13-3-5-15(34)6-4-13/h3-6,10,12,16-19,34,40H,1-2,7-9,11,25H2,(H,28,30)(H,31,35)(H,32,37)(H,33,36)(H,38,39)(H4,26,27,29). The summed E-state index contributed by atoms with van der Waals surface area (Å²) < 4.78 is 0. The van der Waals surface area contributed by atoms with Gasteiger partial charge in [-0.1, -0.05) is 12.1 Å². The van der Waals surface area contributed by atoms with Crippen LogP contribution in [0.4, 0.5) is 0 Å². The Balaban J connectivity index is 2.06. The van der Waals surface area contributed by atoms with Crippen LogP contribution in [0.5, 0.6) is 5.75 Å². The summed E-state index contributed by atoms with van der Waals surface area (Å²) in [6, 6.07) is 1.24. The van der Waals surface area contributed by atoms with Crippen molar-refractivity contribution in [2.75, 3.05) is 12.3 Å². The van der Waals surface area contributed by atoms with Crippen molar-refractivity contribution in [1.82, 2.24) is 25.9 Å². The number of hydrogen-bond donors (Lipinski definition) is 10. The Morgan fingerprint density at radius 3 is 2.17 bits per heavy atom. The fourth-order valence-electron chi connectivity index (χ4n) is 3.56. The van der Waals surface area contributed by atoms with Crippen molar-refractivity contribution in [3.63, 3.8) is 0 Å². The number of guanidine groups is 1. The van der Waals surface area contributed by atoms with Gasteiger partial charge in [0.2, 0.25) is 17.7 Å². The molecule has 1 aromatic carbocycles. The number of aliphatic carboxylic acids is 1. The van der Waals surface area contributed by atoms with E-state index in [1.165, 1.54) is 36.8 Å². The summed E-state index contributed by atoms with van der Waals surface area (Å²) in [7, 11) is 0. The summed E-state index contributed by atoms with van der Waals surface area (Å²) in [4.78, 5) is 61.2. The molecule has 2 aromatic rings. The Morgan fingerprint density at radius 1 is 0.975 bits per heavy atom. The van der Waals surface area contributed by atoms with Crippen molar-refractivity contribution in [2.45, 2.75) is 49.9 Å². The molecule has 0 saturated carbocycles. The number of benzene rings is 1. The van der Waals surface area contributed by atoms with Crippen molar-refractivity contribution in [2.24, 2.45) is 22.2 Å². The van der Waals surface area contributed by atoms with Gasteiger partial charge in [-0.15, -0.1) is 0 Å². The molecule has 1 aromatic heterocycles. The number of imidazole rings is 1. The summed E-state index contributed by atoms with van der Waals surface area (Å²) >= 11 is 4.13. The van der Waals surface area contributed by atoms with Gasteiger partial charge in [0.15, 0.2) is 5.96 Å². The van der Waals surface area contributed by atoms with E-state index >= 15 is 0 Å². The zero-order valence-electron chi connectivity index (χ0n) is 21.6. The molecular weight excluding hydrogens is 542 g/mol. The molecule has 4 atom stereocenters. The number of carboxylic acids is 1. The van der Waals surface area contributed by atoms with Crippen LogP contribution in [0.3, 0.4) is 0 Å². The highest BCUT2D eigenvalue weighted by Gasteiger charge is 2.30. The number of amides is 3. The quantitative estimate of drug-likeness (QED) is 0.0443. The van der Waals surface area contributed by atoms with E-state index in [0.717, 1.165) is 0 Å². The van der Waals surface area contributed by atoms with Crippen LogP contribution in [-0.2, 0) is 32.0 Å². The number of H-pyrrole nitrogens is 1. The first-order valence-electron chi connectivity index (χ1n) is 12.3. The minimum Gasteiger partial charge on any atom is -0.508 e. The summed E-state index contributed by atoms with van der Waals surface area (Å²) in [5.41, 5.74) is 17.6. The molecule has 2 rings (SSSR count). The highest BCUT2D eigenvalue weighted by Crippen LogP contribution is 2.12. The fourth-order valence-corrected chi connectivity index (χ4v) is 3.82. The van der Waals surface area contributed by atoms with Crippen LogP contribution in [0.2, 0.25) is 0 Å². The topological polar surface area (TPSA) is 264 Å². The van der Waals surface area contributed by atoms with E-state index in [2.05, 4.69) is 43.5 Å². The smallest absolute Gasteiger partial charge is 0.326 e. The molecule has 0 spiro atoms. The van der Waals surface area contributed by atoms with E-state index in [-0.39, 0.29) is 43.3 Å². The molecule has 218 valence electrons. The van der Waals surface area contributed by atoms with Crippen molar-refractivity contribution in [1.29, 1.82) is 0 Å². The lowest BCUT2D eigenvalue weighted by Crippen LogP contribution is -2.58. The number of hydrogen-bond acceptors (Lipinski definition) is 9. The van der Waals surface area contributed by atoms with Gasteiger partial charge >= 0.3 is 5.97 Å². The number of carboxylic acid groups (broad SMARTS) is 1. The highest BCUT2D eigenvalue weighted by atomic mass is 32.1. The number of carbonyl (C=O) groups excluding carboxylic acids is 3. The lowest BCUT2D eigenvalue weighted by Gasteiger charge is -2.24. The summed E-state index contributed by atoms with van der Waals surface area (Å²) in [5.74, 6) is -3.60. The first-order chi connectivity index (χ1) is 19.0. The summed E-state index contributed by atoms with van der Waals surface area (Å²) in [5, 5.41) is 26.5. The van der Waals surface area contributed by atoms with Gasteiger partial charge < -0.3 is 48.3 Å². The SMILES string of the molecule is NC(N)=NCCCC(N)C(=O)NC(Cc1cnc[nH]1)C(=O)NC(CS)C(=O)NC(Cc1ccc(O)cc1)C(=O)O. The third kappa shape index (κ3) is 10.8. The molecule has 0 bridgehead atoms. The molecule has 15 nitrogen and oxygen atoms in total. The van der Waals surface area contributed by atoms with Crippen LogP contribution in [0, 0.1) is 0 Å². The number of thiol groups is 1. The van der Waals surface area contributed by atoms with Gasteiger partial charge in [-0.3, -0.25) is 19.4 Å². The second-order valence-electron chi connectivity index (χ2n) is 8.91. The molecule has 12 N–H and O–H groups in total. The lowest BCUT2D eigenvalue weighted by molar-refractivity contribution is -0.142. The molecule has 0 aliphatic heterocycles. The van der Waals surface area contributed by atoms with Crippen LogP contribution in [0.15, 0.2) is 41.8 Å². The van der Waals surface area contributed by atoms with Gasteiger partial charge in [-0.05, 0) is 30.5 Å². The first-order valence-corrected chi connectivity index (χ1v) is 12.9. The molecule has 0 radical (unpaired) electrons. The average molecular weight is 578 g/mol. The molecule has 0 aliphatic carbocycles. The number of aromatic nitrogens is 2. The Labute approximate surface area is 235 Å². The summed E-state index contributed by atoms with van der Waals surface area (Å²) in [6.07, 6.45) is 3.52. The maximum Gasteiger partial charge on any atom is 0.326 e. The zero-order chi connectivity index (χ0) is 29.7. The van der Waals surface area contributed by atoms with Crippen molar-refractivity contribution in [3.8, 4) is 5.75 Å². The number of nitrogens with two attached hydrogens (primary N) is 3. The number of phenolic OH excluding ortho intramolecular Hbond substituents is 1. The normalized spacial score (nSPS) is 13.8. The molecule has 40 heavy (non-hydrogen) atoms. The van der Waals surface area contributed by atoms with Crippen LogP contribution >= 0.6 is 12.6 Å². The number of aliphatic imine (C=N–C) groups is 1. The highest BCUT2D eigenvalue weighted by molar-refractivity contribution is 7.80. The largest absolute Gasteiger partial charge is 0.508 e. The van der Waals surface area contributed by atoms with Gasteiger partial charge in [-0.25, -0.2) is 9.78 Å². The van der Waals surface area contributed by atoms with Gasteiger partial charge in [0, 0.05) is 37.0 Å². The molecule has 16 heteroatoms. The number of phenols is 1. The van der Waals surface area contributed by atoms with Crippen molar-refractivity contribution < 1.29 is 29.4 Å². The molecule has 1 heterocycles. The number of nitrogens with one attached hydrogen (secondary N) is 4. The Hall–Kier alpha value is -4.31. The maximum atomic E-state index is 13.2. The molecule has 0 saturated heterocycles. The number of aromatic amines is 1. The maximum absolute atomic E-state index is 13.2. The molecule has 0 fully saturated rings. The predicted octanol–water partition coefficient (Wildman–Crippen LogP) is -2.25. The second kappa shape index (κ2) is 15.9. The third-order valence-corrected chi connectivity index (χ3v) is 6.09. The fraction of sp³-hybridized carbons (Fsp3) is 0.417. The van der Waals surface area contributed by atoms with Crippen LogP contribution in [0.25, 0.3) is 0 Å². The Bertz CT molecular complexity index is 1160. The third-order valence-electron chi connectivity index (χ3n) is 5.72. The monoisotopic (exact) mass is 577 g/mol. The van der Waals surface area contributed by atoms with E-state index in [0.29, 0.717) is 17.7 Å². The van der Waals surface area contributed by atoms with E-state index in [4.69, 9.17) is 17.2 Å². The van der Waals surface area contributed by atoms with E-state index in [1.807, 2.05) is 0 Å². The van der Waals surface area contributed by atoms with Crippen LogP contribution < -0.4 is 33.2 Å². The van der Waals surface area contributed by atoms with Gasteiger partial charge in [0.1, 0.15) is 23.9 Å². The average Bonchev–Trinajstić information content (AvgIpc) is 3.42. The van der Waals surface area contributed by atoms with E-state index in [1.54, 1.807) is 0 Å². The zero-order valence-corrected chi connectivity index (χ0v) is 22.5. The number of aromatic hydroxyl groups is 1. The molecule has 4 unspecified atom stereocenters. The number of nitrogens with zero attached hydrogens (tertiary/aromatic N) is 2. The molecule has 0 aliphatic rings. The van der Waals surface area contributed by atoms with Gasteiger partial charge in [-0.2, -0.15) is 12.6 Å². The number of rotatable bonds is 16. The van der Waals surface area contributed by atoms with Crippen LogP contribution in [-0.4, -0.2) is 86.3 Å². The minimum atomic E-state index is -1.31. The van der Waals surface area contributed by atoms with Crippen molar-refractivity contribution in [3.05, 3.63) is 48.0 Å². The van der Waals surface area contributed by atoms with E-state index < -0.39 is 47.9 Å². The summed E-state index contributed by atoms with van der Waals surface area (Å²) in [6.45, 7) is 0.282. The van der Waals surface area contributed by atoms with Crippen molar-refractivity contribution >= 4 is 42.3 Å². The molecular formula is C24H35N9O6S. The van der Waals surface area contributed by atoms with Gasteiger partial charge in [0.05, 0.1) is 12.4 Å². The second-order valence-corrected chi connectivity index (χ2v) is 9.28. The minimum absolute atomic E-state index is 0.0117. The first kappa shape index (κ1) is 31.9. The van der Waals surface area contributed by atoms with E-state index in [9.17, 15) is 29.4 Å². The number of carbonyl (C=O) groups is 4. The molecule has 3 amide bonds.